The van der Waals surface area contributed by atoms with Crippen LogP contribution in [0.2, 0.25) is 0 Å². The fraction of sp³-hybridized carbons (Fsp3) is 0.273. The average Bonchev–Trinajstić information content (AvgIpc) is 2.97. The Morgan fingerprint density at radius 1 is 1.37 bits per heavy atom. The quantitative estimate of drug-likeness (QED) is 0.783. The fourth-order valence-corrected chi connectivity index (χ4v) is 2.16. The number of pyridine rings is 1. The van der Waals surface area contributed by atoms with Crippen LogP contribution in [0.1, 0.15) is 5.82 Å². The topological polar surface area (TPSA) is 72.9 Å². The van der Waals surface area contributed by atoms with Crippen LogP contribution >= 0.6 is 15.9 Å². The van der Waals surface area contributed by atoms with Gasteiger partial charge in [-0.3, -0.25) is 4.68 Å². The molecule has 7 nitrogen and oxygen atoms in total. The number of anilines is 1. The van der Waals surface area contributed by atoms with Gasteiger partial charge in [0.05, 0.1) is 4.47 Å². The van der Waals surface area contributed by atoms with Crippen molar-refractivity contribution in [2.75, 3.05) is 11.9 Å². The second-order valence-corrected chi connectivity index (χ2v) is 4.93. The summed E-state index contributed by atoms with van der Waals surface area (Å²) < 4.78 is 4.34. The molecule has 8 heteroatoms. The van der Waals surface area contributed by atoms with E-state index < -0.39 is 0 Å². The molecule has 19 heavy (non-hydrogen) atoms. The second-order valence-electron chi connectivity index (χ2n) is 4.07. The number of aromatic nitrogens is 6. The monoisotopic (exact) mass is 321 g/mol. The van der Waals surface area contributed by atoms with Gasteiger partial charge in [-0.2, -0.15) is 10.1 Å². The molecule has 0 spiro atoms. The lowest BCUT2D eigenvalue weighted by Crippen LogP contribution is -2.07. The number of nitrogens with one attached hydrogen (secondary N) is 1. The Bertz CT molecular complexity index is 702. The van der Waals surface area contributed by atoms with E-state index in [0.717, 1.165) is 22.4 Å². The van der Waals surface area contributed by atoms with Gasteiger partial charge in [-0.05, 0) is 28.1 Å². The van der Waals surface area contributed by atoms with E-state index in [-0.39, 0.29) is 0 Å². The van der Waals surface area contributed by atoms with Gasteiger partial charge in [-0.1, -0.05) is 0 Å². The highest BCUT2D eigenvalue weighted by Crippen LogP contribution is 2.16. The Kier molecular flexibility index (Phi) is 3.16. The van der Waals surface area contributed by atoms with Gasteiger partial charge < -0.3 is 5.32 Å². The number of hydrogen-bond donors (Lipinski definition) is 1. The summed E-state index contributed by atoms with van der Waals surface area (Å²) in [5, 5.41) is 11.7. The minimum atomic E-state index is 0.600. The molecule has 3 heterocycles. The smallest absolute Gasteiger partial charge is 0.243 e. The van der Waals surface area contributed by atoms with Gasteiger partial charge in [0.2, 0.25) is 5.95 Å². The zero-order chi connectivity index (χ0) is 13.2. The van der Waals surface area contributed by atoms with Crippen LogP contribution in [-0.2, 0) is 13.5 Å². The van der Waals surface area contributed by atoms with Crippen molar-refractivity contribution >= 4 is 27.5 Å². The van der Waals surface area contributed by atoms with Crippen molar-refractivity contribution in [3.8, 4) is 0 Å². The van der Waals surface area contributed by atoms with E-state index in [0.29, 0.717) is 12.5 Å². The highest BCUT2D eigenvalue weighted by Gasteiger charge is 2.06. The maximum absolute atomic E-state index is 4.40. The molecule has 3 aromatic rings. The van der Waals surface area contributed by atoms with Crippen molar-refractivity contribution in [2.45, 2.75) is 6.42 Å². The molecule has 0 unspecified atom stereocenters. The molecular weight excluding hydrogens is 310 g/mol. The Morgan fingerprint density at radius 2 is 2.26 bits per heavy atom. The Hall–Kier alpha value is -1.96. The molecule has 0 aliphatic carbocycles. The minimum absolute atomic E-state index is 0.600. The first-order valence-corrected chi connectivity index (χ1v) is 6.61. The van der Waals surface area contributed by atoms with Gasteiger partial charge in [0.1, 0.15) is 6.33 Å². The number of hydrogen-bond acceptors (Lipinski definition) is 5. The second kappa shape index (κ2) is 4.96. The lowest BCUT2D eigenvalue weighted by atomic mass is 10.4. The first kappa shape index (κ1) is 12.1. The molecule has 98 valence electrons. The van der Waals surface area contributed by atoms with Crippen molar-refractivity contribution in [1.82, 2.24) is 29.4 Å². The van der Waals surface area contributed by atoms with Crippen molar-refractivity contribution in [3.05, 3.63) is 35.0 Å². The standard InChI is InChI=1S/C11H12BrN7/c1-18-7-14-9(16-18)4-5-13-11-15-10-8(12)3-2-6-19(10)17-11/h2-3,6-7H,4-5H2,1H3,(H,13,17). The Balaban J connectivity index is 1.67. The SMILES string of the molecule is Cn1cnc(CCNc2nc3c(Br)cccn3n2)n1. The summed E-state index contributed by atoms with van der Waals surface area (Å²) in [6.07, 6.45) is 4.28. The molecule has 0 bridgehead atoms. The third kappa shape index (κ3) is 2.58. The maximum atomic E-state index is 4.40. The van der Waals surface area contributed by atoms with Crippen LogP contribution in [0.25, 0.3) is 5.65 Å². The number of aryl methyl sites for hydroxylation is 1. The van der Waals surface area contributed by atoms with Crippen molar-refractivity contribution in [1.29, 1.82) is 0 Å². The van der Waals surface area contributed by atoms with Crippen molar-refractivity contribution < 1.29 is 0 Å². The lowest BCUT2D eigenvalue weighted by Gasteiger charge is -1.97. The van der Waals surface area contributed by atoms with E-state index >= 15 is 0 Å². The first-order valence-electron chi connectivity index (χ1n) is 5.81. The van der Waals surface area contributed by atoms with E-state index in [9.17, 15) is 0 Å². The van der Waals surface area contributed by atoms with E-state index in [2.05, 4.69) is 41.4 Å². The third-order valence-corrected chi connectivity index (χ3v) is 3.21. The molecule has 0 aliphatic rings. The van der Waals surface area contributed by atoms with E-state index in [4.69, 9.17) is 0 Å². The minimum Gasteiger partial charge on any atom is -0.352 e. The lowest BCUT2D eigenvalue weighted by molar-refractivity contribution is 0.741. The van der Waals surface area contributed by atoms with Gasteiger partial charge in [0.15, 0.2) is 11.5 Å². The molecule has 0 radical (unpaired) electrons. The van der Waals surface area contributed by atoms with Gasteiger partial charge in [-0.15, -0.1) is 5.10 Å². The summed E-state index contributed by atoms with van der Waals surface area (Å²) in [4.78, 5) is 8.56. The summed E-state index contributed by atoms with van der Waals surface area (Å²) in [6, 6.07) is 3.85. The highest BCUT2D eigenvalue weighted by molar-refractivity contribution is 9.10. The normalized spacial score (nSPS) is 11.1. The molecule has 0 aliphatic heterocycles. The van der Waals surface area contributed by atoms with E-state index in [1.54, 1.807) is 15.5 Å². The predicted octanol–water partition coefficient (Wildman–Crippen LogP) is 1.27. The summed E-state index contributed by atoms with van der Waals surface area (Å²) >= 11 is 3.44. The summed E-state index contributed by atoms with van der Waals surface area (Å²) in [5.41, 5.74) is 0.793. The van der Waals surface area contributed by atoms with Gasteiger partial charge >= 0.3 is 0 Å². The van der Waals surface area contributed by atoms with Crippen LogP contribution in [0.5, 0.6) is 0 Å². The number of fused-ring (bicyclic) bond motifs is 1. The summed E-state index contributed by atoms with van der Waals surface area (Å²) in [6.45, 7) is 0.693. The molecule has 0 amide bonds. The molecule has 0 atom stereocenters. The highest BCUT2D eigenvalue weighted by atomic mass is 79.9. The van der Waals surface area contributed by atoms with Gasteiger partial charge in [0.25, 0.3) is 0 Å². The number of halogens is 1. The van der Waals surface area contributed by atoms with Crippen LogP contribution in [0.3, 0.4) is 0 Å². The summed E-state index contributed by atoms with van der Waals surface area (Å²) in [5.74, 6) is 1.41. The van der Waals surface area contributed by atoms with Crippen LogP contribution < -0.4 is 5.32 Å². The van der Waals surface area contributed by atoms with Crippen LogP contribution in [0.4, 0.5) is 5.95 Å². The Morgan fingerprint density at radius 3 is 3.00 bits per heavy atom. The largest absolute Gasteiger partial charge is 0.352 e. The molecule has 0 aromatic carbocycles. The number of rotatable bonds is 4. The van der Waals surface area contributed by atoms with Crippen LogP contribution in [0, 0.1) is 0 Å². The zero-order valence-electron chi connectivity index (χ0n) is 10.3. The van der Waals surface area contributed by atoms with E-state index in [1.165, 1.54) is 0 Å². The molecule has 3 rings (SSSR count). The third-order valence-electron chi connectivity index (χ3n) is 2.59. The average molecular weight is 322 g/mol. The molecule has 0 fully saturated rings. The number of nitrogens with zero attached hydrogens (tertiary/aromatic N) is 6. The molecule has 0 saturated carbocycles. The van der Waals surface area contributed by atoms with E-state index in [1.807, 2.05) is 25.4 Å². The van der Waals surface area contributed by atoms with Crippen LogP contribution in [-0.4, -0.2) is 35.9 Å². The predicted molar refractivity (Wildman–Crippen MR) is 73.9 cm³/mol. The van der Waals surface area contributed by atoms with Crippen molar-refractivity contribution in [3.63, 3.8) is 0 Å². The molecular formula is C11H12BrN7. The zero-order valence-corrected chi connectivity index (χ0v) is 11.9. The van der Waals surface area contributed by atoms with Gasteiger partial charge in [0, 0.05) is 26.2 Å². The molecule has 1 N–H and O–H groups in total. The van der Waals surface area contributed by atoms with Crippen LogP contribution in [0.15, 0.2) is 29.1 Å². The fourth-order valence-electron chi connectivity index (χ4n) is 1.73. The molecule has 3 aromatic heterocycles. The van der Waals surface area contributed by atoms with Gasteiger partial charge in [-0.25, -0.2) is 9.50 Å². The van der Waals surface area contributed by atoms with Crippen molar-refractivity contribution in [2.24, 2.45) is 7.05 Å². The Labute approximate surface area is 117 Å². The summed E-state index contributed by atoms with van der Waals surface area (Å²) in [7, 11) is 1.85. The molecule has 0 saturated heterocycles. The first-order chi connectivity index (χ1) is 9.22. The maximum Gasteiger partial charge on any atom is 0.243 e.